The normalized spacial score (nSPS) is 14.0. The summed E-state index contributed by atoms with van der Waals surface area (Å²) in [6.07, 6.45) is 4.33. The van der Waals surface area contributed by atoms with Gasteiger partial charge in [0.1, 0.15) is 5.76 Å². The average Bonchev–Trinajstić information content (AvgIpc) is 3.42. The molecule has 176 valence electrons. The van der Waals surface area contributed by atoms with E-state index in [1.807, 2.05) is 17.0 Å². The SMILES string of the molecule is CCNC(=NCc1ccccc1CN(C)Cc1ccco1)NCCCN1CCCC1=O.I. The van der Waals surface area contributed by atoms with Crippen molar-refractivity contribution in [3.63, 3.8) is 0 Å². The average molecular weight is 553 g/mol. The van der Waals surface area contributed by atoms with Crippen molar-refractivity contribution >= 4 is 35.8 Å². The number of amides is 1. The molecular weight excluding hydrogens is 517 g/mol. The highest BCUT2D eigenvalue weighted by Crippen LogP contribution is 2.14. The molecule has 0 atom stereocenters. The van der Waals surface area contributed by atoms with Crippen LogP contribution in [-0.4, -0.2) is 54.9 Å². The summed E-state index contributed by atoms with van der Waals surface area (Å²) in [6, 6.07) is 12.4. The Morgan fingerprint density at radius 2 is 1.97 bits per heavy atom. The van der Waals surface area contributed by atoms with E-state index in [1.165, 1.54) is 11.1 Å². The standard InChI is InChI=1S/C24H35N5O2.HI/c1-3-25-24(26-13-8-15-29-14-6-12-23(29)30)27-17-20-9-4-5-10-21(20)18-28(2)19-22-11-7-16-31-22;/h4-5,7,9-11,16H,3,6,8,12-15,17-19H2,1-2H3,(H2,25,26,27);1H. The molecule has 0 aliphatic carbocycles. The quantitative estimate of drug-likeness (QED) is 0.193. The predicted octanol–water partition coefficient (Wildman–Crippen LogP) is 3.60. The molecular formula is C24H36IN5O2. The molecule has 1 aromatic heterocycles. The minimum absolute atomic E-state index is 0. The molecule has 0 spiro atoms. The molecule has 32 heavy (non-hydrogen) atoms. The van der Waals surface area contributed by atoms with Gasteiger partial charge in [-0.15, -0.1) is 24.0 Å². The third-order valence-electron chi connectivity index (χ3n) is 5.38. The summed E-state index contributed by atoms with van der Waals surface area (Å²) < 4.78 is 5.46. The number of carbonyl (C=O) groups is 1. The fraction of sp³-hybridized carbons (Fsp3) is 0.500. The predicted molar refractivity (Wildman–Crippen MR) is 139 cm³/mol. The maximum absolute atomic E-state index is 11.7. The summed E-state index contributed by atoms with van der Waals surface area (Å²) in [5.74, 6) is 2.07. The van der Waals surface area contributed by atoms with E-state index in [2.05, 4.69) is 53.8 Å². The summed E-state index contributed by atoms with van der Waals surface area (Å²) in [5.41, 5.74) is 2.48. The Balaban J connectivity index is 0.00000363. The molecule has 0 bridgehead atoms. The lowest BCUT2D eigenvalue weighted by Crippen LogP contribution is -2.39. The van der Waals surface area contributed by atoms with Crippen LogP contribution in [0.15, 0.2) is 52.1 Å². The van der Waals surface area contributed by atoms with Crippen molar-refractivity contribution < 1.29 is 9.21 Å². The van der Waals surface area contributed by atoms with Crippen LogP contribution in [-0.2, 0) is 24.4 Å². The summed E-state index contributed by atoms with van der Waals surface area (Å²) in [7, 11) is 2.10. The van der Waals surface area contributed by atoms with Gasteiger partial charge >= 0.3 is 0 Å². The van der Waals surface area contributed by atoms with Crippen LogP contribution in [0.3, 0.4) is 0 Å². The second-order valence-corrected chi connectivity index (χ2v) is 7.98. The third kappa shape index (κ3) is 8.46. The van der Waals surface area contributed by atoms with Gasteiger partial charge in [-0.3, -0.25) is 9.69 Å². The summed E-state index contributed by atoms with van der Waals surface area (Å²) >= 11 is 0. The highest BCUT2D eigenvalue weighted by molar-refractivity contribution is 14.0. The number of halogens is 1. The molecule has 1 aromatic carbocycles. The minimum Gasteiger partial charge on any atom is -0.468 e. The number of hydrogen-bond donors (Lipinski definition) is 2. The van der Waals surface area contributed by atoms with Gasteiger partial charge < -0.3 is 20.0 Å². The Labute approximate surface area is 208 Å². The molecule has 1 fully saturated rings. The van der Waals surface area contributed by atoms with Crippen molar-refractivity contribution in [3.05, 3.63) is 59.5 Å². The van der Waals surface area contributed by atoms with Crippen LogP contribution in [0, 0.1) is 0 Å². The molecule has 0 saturated carbocycles. The number of nitrogens with one attached hydrogen (secondary N) is 2. The number of hydrogen-bond acceptors (Lipinski definition) is 4. The van der Waals surface area contributed by atoms with Crippen molar-refractivity contribution in [2.45, 2.75) is 45.8 Å². The molecule has 2 N–H and O–H groups in total. The van der Waals surface area contributed by atoms with Gasteiger partial charge in [-0.25, -0.2) is 4.99 Å². The van der Waals surface area contributed by atoms with E-state index in [1.54, 1.807) is 6.26 Å². The van der Waals surface area contributed by atoms with Gasteiger partial charge in [0.15, 0.2) is 5.96 Å². The molecule has 1 aliphatic rings. The summed E-state index contributed by atoms with van der Waals surface area (Å²) in [5, 5.41) is 6.71. The first-order chi connectivity index (χ1) is 15.2. The van der Waals surface area contributed by atoms with Crippen molar-refractivity contribution in [2.24, 2.45) is 4.99 Å². The van der Waals surface area contributed by atoms with Gasteiger partial charge in [-0.1, -0.05) is 24.3 Å². The minimum atomic E-state index is 0. The highest BCUT2D eigenvalue weighted by atomic mass is 127. The monoisotopic (exact) mass is 553 g/mol. The number of benzene rings is 1. The largest absolute Gasteiger partial charge is 0.468 e. The maximum Gasteiger partial charge on any atom is 0.222 e. The molecule has 1 aliphatic heterocycles. The molecule has 1 saturated heterocycles. The van der Waals surface area contributed by atoms with Crippen LogP contribution >= 0.6 is 24.0 Å². The van der Waals surface area contributed by atoms with Crippen molar-refractivity contribution in [3.8, 4) is 0 Å². The first-order valence-corrected chi connectivity index (χ1v) is 11.2. The molecule has 1 amide bonds. The number of carbonyl (C=O) groups excluding carboxylic acids is 1. The topological polar surface area (TPSA) is 73.1 Å². The van der Waals surface area contributed by atoms with Crippen molar-refractivity contribution in [1.82, 2.24) is 20.4 Å². The van der Waals surface area contributed by atoms with Gasteiger partial charge in [0.25, 0.3) is 0 Å². The molecule has 8 heteroatoms. The van der Waals surface area contributed by atoms with E-state index in [9.17, 15) is 4.79 Å². The second-order valence-electron chi connectivity index (χ2n) is 7.98. The molecule has 0 radical (unpaired) electrons. The molecule has 3 rings (SSSR count). The van der Waals surface area contributed by atoms with Crippen molar-refractivity contribution in [1.29, 1.82) is 0 Å². The lowest BCUT2D eigenvalue weighted by Gasteiger charge is -2.18. The fourth-order valence-corrected chi connectivity index (χ4v) is 3.80. The van der Waals surface area contributed by atoms with Gasteiger partial charge in [0, 0.05) is 39.1 Å². The van der Waals surface area contributed by atoms with E-state index in [-0.39, 0.29) is 29.9 Å². The molecule has 2 heterocycles. The van der Waals surface area contributed by atoms with Crippen LogP contribution in [0.4, 0.5) is 0 Å². The zero-order chi connectivity index (χ0) is 21.9. The van der Waals surface area contributed by atoms with Crippen LogP contribution in [0.25, 0.3) is 0 Å². The summed E-state index contributed by atoms with van der Waals surface area (Å²) in [4.78, 5) is 20.7. The number of likely N-dealkylation sites (tertiary alicyclic amines) is 1. The van der Waals surface area contributed by atoms with E-state index in [0.29, 0.717) is 13.0 Å². The summed E-state index contributed by atoms with van der Waals surface area (Å²) in [6.45, 7) is 7.61. The fourth-order valence-electron chi connectivity index (χ4n) is 3.80. The first kappa shape index (κ1) is 26.2. The third-order valence-corrected chi connectivity index (χ3v) is 5.38. The van der Waals surface area contributed by atoms with E-state index in [0.717, 1.165) is 63.8 Å². The number of aliphatic imine (C=N–C) groups is 1. The molecule has 7 nitrogen and oxygen atoms in total. The highest BCUT2D eigenvalue weighted by Gasteiger charge is 2.18. The zero-order valence-electron chi connectivity index (χ0n) is 19.2. The Morgan fingerprint density at radius 1 is 1.16 bits per heavy atom. The van der Waals surface area contributed by atoms with Gasteiger partial charge in [0.05, 0.1) is 19.4 Å². The smallest absolute Gasteiger partial charge is 0.222 e. The van der Waals surface area contributed by atoms with Gasteiger partial charge in [0.2, 0.25) is 5.91 Å². The lowest BCUT2D eigenvalue weighted by molar-refractivity contribution is -0.127. The van der Waals surface area contributed by atoms with Crippen LogP contribution < -0.4 is 10.6 Å². The van der Waals surface area contributed by atoms with E-state index >= 15 is 0 Å². The Kier molecular flexibility index (Phi) is 11.6. The van der Waals surface area contributed by atoms with E-state index in [4.69, 9.17) is 9.41 Å². The Bertz CT molecular complexity index is 841. The molecule has 2 aromatic rings. The number of nitrogens with zero attached hydrogens (tertiary/aromatic N) is 3. The van der Waals surface area contributed by atoms with Gasteiger partial charge in [-0.2, -0.15) is 0 Å². The Hall–Kier alpha value is -2.07. The lowest BCUT2D eigenvalue weighted by atomic mass is 10.1. The van der Waals surface area contributed by atoms with E-state index < -0.39 is 0 Å². The number of furan rings is 1. The number of rotatable bonds is 11. The Morgan fingerprint density at radius 3 is 2.66 bits per heavy atom. The number of guanidine groups is 1. The van der Waals surface area contributed by atoms with Crippen LogP contribution in [0.2, 0.25) is 0 Å². The first-order valence-electron chi connectivity index (χ1n) is 11.2. The van der Waals surface area contributed by atoms with Gasteiger partial charge in [-0.05, 0) is 50.1 Å². The van der Waals surface area contributed by atoms with Crippen LogP contribution in [0.5, 0.6) is 0 Å². The van der Waals surface area contributed by atoms with Crippen molar-refractivity contribution in [2.75, 3.05) is 33.2 Å². The zero-order valence-corrected chi connectivity index (χ0v) is 21.5. The molecule has 0 unspecified atom stereocenters. The maximum atomic E-state index is 11.7. The van der Waals surface area contributed by atoms with Crippen LogP contribution in [0.1, 0.15) is 43.1 Å². The second kappa shape index (κ2) is 14.2.